The average Bonchev–Trinajstić information content (AvgIpc) is 1.04. The molecule has 0 aliphatic carbocycles. The van der Waals surface area contributed by atoms with Gasteiger partial charge in [-0.25, -0.2) is 0 Å². The van der Waals surface area contributed by atoms with Crippen LogP contribution < -0.4 is 0 Å². The van der Waals surface area contributed by atoms with Gasteiger partial charge < -0.3 is 8.83 Å². The molecule has 0 aliphatic rings. The van der Waals surface area contributed by atoms with Gasteiger partial charge in [-0.05, 0) is 137 Å². The highest BCUT2D eigenvalue weighted by Gasteiger charge is 2.20. The minimum Gasteiger partial charge on any atom is -0.456 e. The smallest absolute Gasteiger partial charge is 0.143 e. The fraction of sp³-hybridized carbons (Fsp3) is 0. The van der Waals surface area contributed by atoms with Gasteiger partial charge in [0.2, 0.25) is 0 Å². The predicted octanol–water partition coefficient (Wildman–Crippen LogP) is 23.3. The van der Waals surface area contributed by atoms with Gasteiger partial charge in [0.1, 0.15) is 22.3 Å². The number of aromatic nitrogens is 4. The predicted molar refractivity (Wildman–Crippen MR) is 382 cm³/mol. The third-order valence-corrected chi connectivity index (χ3v) is 18.3. The second-order valence-electron chi connectivity index (χ2n) is 23.6. The summed E-state index contributed by atoms with van der Waals surface area (Å²) in [4.78, 5) is 18.8. The van der Waals surface area contributed by atoms with Gasteiger partial charge in [0, 0.05) is 79.0 Å². The van der Waals surface area contributed by atoms with Crippen LogP contribution in [0, 0.1) is 0 Å². The maximum absolute atomic E-state index is 6.78. The lowest BCUT2D eigenvalue weighted by atomic mass is 9.93. The minimum atomic E-state index is 0.904. The second kappa shape index (κ2) is 21.7. The zero-order valence-corrected chi connectivity index (χ0v) is 49.6. The normalized spacial score (nSPS) is 11.7. The van der Waals surface area contributed by atoms with Gasteiger partial charge in [0.25, 0.3) is 0 Å². The van der Waals surface area contributed by atoms with Crippen molar-refractivity contribution in [2.24, 2.45) is 0 Å². The van der Waals surface area contributed by atoms with Crippen LogP contribution >= 0.6 is 0 Å². The van der Waals surface area contributed by atoms with Crippen LogP contribution in [-0.2, 0) is 0 Å². The van der Waals surface area contributed by atoms with E-state index in [1.165, 1.54) is 66.1 Å². The summed E-state index contributed by atoms with van der Waals surface area (Å²) < 4.78 is 13.0. The molecule has 0 spiro atoms. The van der Waals surface area contributed by atoms with Gasteiger partial charge in [-0.2, -0.15) is 0 Å². The molecule has 0 radical (unpaired) electrons. The Hall–Kier alpha value is -12.4. The molecule has 0 bridgehead atoms. The van der Waals surface area contributed by atoms with E-state index >= 15 is 0 Å². The number of fused-ring (bicyclic) bond motifs is 18. The molecular weight excluding hydrogens is 1120 g/mol. The SMILES string of the molecule is c1ccc(-c2ccc3oc4ccc(-c5ccc(-c6ccc7c(c6)c6ccccc6c6nccnc76)cc5)cc4c3c2)cc1.c1ccc(-c2cccc3c2oc2c(-c4ccccc4)cc(-c4ccc(-c5ccc6c(c5)c5ccccc5c5nccnc65)cc4)cc23)cc1. The molecule has 4 aromatic heterocycles. The summed E-state index contributed by atoms with van der Waals surface area (Å²) in [6.45, 7) is 0. The Morgan fingerprint density at radius 3 is 0.967 bits per heavy atom. The van der Waals surface area contributed by atoms with E-state index in [0.29, 0.717) is 0 Å². The number of hydrogen-bond donors (Lipinski definition) is 0. The molecule has 0 aliphatic heterocycles. The topological polar surface area (TPSA) is 77.8 Å². The molecule has 0 saturated carbocycles. The largest absolute Gasteiger partial charge is 0.456 e. The first-order chi connectivity index (χ1) is 45.6. The van der Waals surface area contributed by atoms with Crippen LogP contribution in [0.15, 0.2) is 325 Å². The second-order valence-corrected chi connectivity index (χ2v) is 23.6. The number of nitrogens with zero attached hydrogens (tertiary/aromatic N) is 4. The fourth-order valence-corrected chi connectivity index (χ4v) is 13.8. The standard InChI is InChI=1S/C46H28N2O.C40H24N2O/c1-3-10-31(11-4-1)35-16-9-17-39-42-28-34(27-40(46(42)49-45(35)39)32-12-5-2-6-13-32)30-20-18-29(19-21-30)33-22-23-38-41(26-33)36-14-7-8-15-37(36)43-44(38)48-25-24-47-43;1-2-6-25(7-3-1)29-15-18-37-35(23-29)36-24-30(16-19-38(36)43-37)27-12-10-26(11-13-27)28-14-17-33-34(22-28)31-8-4-5-9-32(31)39-40(33)42-21-20-41-39/h1-28H;1-24H. The van der Waals surface area contributed by atoms with Crippen molar-refractivity contribution in [2.45, 2.75) is 0 Å². The first kappa shape index (κ1) is 52.7. The van der Waals surface area contributed by atoms with E-state index in [2.05, 4.69) is 289 Å². The highest BCUT2D eigenvalue weighted by molar-refractivity contribution is 6.25. The van der Waals surface area contributed by atoms with Crippen LogP contribution in [0.3, 0.4) is 0 Å². The number of hydrogen-bond acceptors (Lipinski definition) is 6. The number of rotatable bonds is 7. The van der Waals surface area contributed by atoms with Crippen LogP contribution in [0.1, 0.15) is 0 Å². The van der Waals surface area contributed by atoms with Gasteiger partial charge in [0.05, 0.1) is 22.1 Å². The maximum atomic E-state index is 6.78. The molecule has 6 nitrogen and oxygen atoms in total. The maximum Gasteiger partial charge on any atom is 0.143 e. The van der Waals surface area contributed by atoms with Gasteiger partial charge in [0.15, 0.2) is 0 Å². The van der Waals surface area contributed by atoms with Gasteiger partial charge in [-0.15, -0.1) is 0 Å². The van der Waals surface area contributed by atoms with Gasteiger partial charge in [-0.1, -0.05) is 243 Å². The Labute approximate surface area is 528 Å². The molecule has 19 aromatic rings. The molecule has 428 valence electrons. The van der Waals surface area contributed by atoms with E-state index < -0.39 is 0 Å². The van der Waals surface area contributed by atoms with Crippen molar-refractivity contribution in [3.8, 4) is 77.9 Å². The first-order valence-corrected chi connectivity index (χ1v) is 31.0. The molecule has 0 unspecified atom stereocenters. The molecular formula is C86H52N4O2. The fourth-order valence-electron chi connectivity index (χ4n) is 13.8. The molecule has 92 heavy (non-hydrogen) atoms. The zero-order valence-electron chi connectivity index (χ0n) is 49.6. The van der Waals surface area contributed by atoms with Gasteiger partial charge >= 0.3 is 0 Å². The Morgan fingerprint density at radius 2 is 0.500 bits per heavy atom. The number of benzene rings is 15. The van der Waals surface area contributed by atoms with Crippen molar-refractivity contribution < 1.29 is 8.83 Å². The molecule has 0 atom stereocenters. The van der Waals surface area contributed by atoms with Crippen LogP contribution in [-0.4, -0.2) is 19.9 Å². The van der Waals surface area contributed by atoms with Crippen molar-refractivity contribution in [3.05, 3.63) is 316 Å². The van der Waals surface area contributed by atoms with Crippen LogP contribution in [0.2, 0.25) is 0 Å². The summed E-state index contributed by atoms with van der Waals surface area (Å²) in [6, 6.07) is 104. The van der Waals surface area contributed by atoms with Gasteiger partial charge in [-0.3, -0.25) is 19.9 Å². The molecule has 19 rings (SSSR count). The molecule has 15 aromatic carbocycles. The van der Waals surface area contributed by atoms with E-state index in [9.17, 15) is 0 Å². The van der Waals surface area contributed by atoms with E-state index in [1.807, 2.05) is 12.1 Å². The lowest BCUT2D eigenvalue weighted by molar-refractivity contribution is 0.669. The monoisotopic (exact) mass is 1170 g/mol. The van der Waals surface area contributed by atoms with Crippen molar-refractivity contribution in [1.29, 1.82) is 0 Å². The van der Waals surface area contributed by atoms with Crippen molar-refractivity contribution in [1.82, 2.24) is 19.9 Å². The molecule has 0 N–H and O–H groups in total. The van der Waals surface area contributed by atoms with E-state index in [-0.39, 0.29) is 0 Å². The summed E-state index contributed by atoms with van der Waals surface area (Å²) in [5.74, 6) is 0. The van der Waals surface area contributed by atoms with E-state index in [0.717, 1.165) is 121 Å². The Morgan fingerprint density at radius 1 is 0.174 bits per heavy atom. The lowest BCUT2D eigenvalue weighted by Gasteiger charge is -2.11. The third-order valence-electron chi connectivity index (χ3n) is 18.3. The molecule has 0 saturated heterocycles. The molecule has 4 heterocycles. The van der Waals surface area contributed by atoms with Crippen molar-refractivity contribution in [3.63, 3.8) is 0 Å². The highest BCUT2D eigenvalue weighted by atomic mass is 16.3. The average molecular weight is 1170 g/mol. The number of furan rings is 2. The molecule has 0 fully saturated rings. The quantitative estimate of drug-likeness (QED) is 0.148. The summed E-state index contributed by atoms with van der Waals surface area (Å²) in [7, 11) is 0. The van der Waals surface area contributed by atoms with Crippen LogP contribution in [0.4, 0.5) is 0 Å². The highest BCUT2D eigenvalue weighted by Crippen LogP contribution is 2.44. The first-order valence-electron chi connectivity index (χ1n) is 31.0. The van der Waals surface area contributed by atoms with Crippen molar-refractivity contribution in [2.75, 3.05) is 0 Å². The van der Waals surface area contributed by atoms with Crippen molar-refractivity contribution >= 4 is 109 Å². The Kier molecular flexibility index (Phi) is 12.5. The van der Waals surface area contributed by atoms with Crippen LogP contribution in [0.5, 0.6) is 0 Å². The summed E-state index contributed by atoms with van der Waals surface area (Å²) in [5, 5.41) is 13.8. The zero-order chi connectivity index (χ0) is 60.6. The van der Waals surface area contributed by atoms with E-state index in [1.54, 1.807) is 24.8 Å². The lowest BCUT2D eigenvalue weighted by Crippen LogP contribution is -1.89. The molecule has 6 heteroatoms. The minimum absolute atomic E-state index is 0.904. The Bertz CT molecular complexity index is 6030. The van der Waals surface area contributed by atoms with E-state index in [4.69, 9.17) is 18.8 Å². The third kappa shape index (κ3) is 8.95. The Balaban J connectivity index is 0.000000137. The summed E-state index contributed by atoms with van der Waals surface area (Å²) in [5.41, 5.74) is 23.6. The number of para-hydroxylation sites is 1. The van der Waals surface area contributed by atoms with Crippen LogP contribution in [0.25, 0.3) is 187 Å². The summed E-state index contributed by atoms with van der Waals surface area (Å²) >= 11 is 0. The summed E-state index contributed by atoms with van der Waals surface area (Å²) in [6.07, 6.45) is 7.09. The molecule has 0 amide bonds.